The molecule has 0 saturated heterocycles. The van der Waals surface area contributed by atoms with E-state index in [0.29, 0.717) is 46.9 Å². The number of nitrogens with zero attached hydrogens (tertiary/aromatic N) is 4. The first-order chi connectivity index (χ1) is 16.6. The molecular formula is C25H31N5O4S. The molecule has 1 heterocycles. The highest BCUT2D eigenvalue weighted by atomic mass is 32.2. The van der Waals surface area contributed by atoms with Gasteiger partial charge >= 0.3 is 0 Å². The third-order valence-corrected chi connectivity index (χ3v) is 6.82. The van der Waals surface area contributed by atoms with Gasteiger partial charge in [0.25, 0.3) is 11.2 Å². The molecule has 0 radical (unpaired) electrons. The summed E-state index contributed by atoms with van der Waals surface area (Å²) in [6.07, 6.45) is 0. The highest BCUT2D eigenvalue weighted by molar-refractivity contribution is 8.00. The Morgan fingerprint density at radius 1 is 1.09 bits per heavy atom. The number of rotatable bonds is 10. The lowest BCUT2D eigenvalue weighted by Crippen LogP contribution is -2.40. The third kappa shape index (κ3) is 6.46. The highest BCUT2D eigenvalue weighted by Crippen LogP contribution is 2.24. The Morgan fingerprint density at radius 3 is 2.31 bits per heavy atom. The average molecular weight is 498 g/mol. The molecule has 1 unspecified atom stereocenters. The van der Waals surface area contributed by atoms with Crippen LogP contribution in [0.3, 0.4) is 0 Å². The maximum Gasteiger partial charge on any atom is 0.269 e. The van der Waals surface area contributed by atoms with Gasteiger partial charge in [-0.15, -0.1) is 0 Å². The van der Waals surface area contributed by atoms with Crippen molar-refractivity contribution in [3.63, 3.8) is 0 Å². The molecule has 35 heavy (non-hydrogen) atoms. The number of carbonyl (C=O) groups excluding carboxylic acids is 1. The third-order valence-electron chi connectivity index (χ3n) is 5.73. The number of aromatic nitrogens is 2. The predicted octanol–water partition coefficient (Wildman–Crippen LogP) is 4.54. The second-order valence-corrected chi connectivity index (χ2v) is 10.2. The fraction of sp³-hybridized carbons (Fsp3) is 0.400. The van der Waals surface area contributed by atoms with Crippen LogP contribution in [0, 0.1) is 10.1 Å². The number of hydrogen-bond acceptors (Lipinski definition) is 7. The summed E-state index contributed by atoms with van der Waals surface area (Å²) in [6, 6.07) is 13.5. The van der Waals surface area contributed by atoms with Crippen LogP contribution in [0.4, 0.5) is 11.4 Å². The lowest BCUT2D eigenvalue weighted by molar-refractivity contribution is -0.384. The minimum atomic E-state index is -0.559. The van der Waals surface area contributed by atoms with Gasteiger partial charge in [-0.2, -0.15) is 0 Å². The zero-order valence-corrected chi connectivity index (χ0v) is 21.4. The van der Waals surface area contributed by atoms with Gasteiger partial charge in [0.2, 0.25) is 5.91 Å². The van der Waals surface area contributed by atoms with E-state index in [1.807, 2.05) is 12.1 Å². The number of thioether (sulfide) groups is 1. The first-order valence-electron chi connectivity index (χ1n) is 11.6. The minimum Gasteiger partial charge on any atom is -0.325 e. The number of nitrogens with one attached hydrogen (secondary N) is 1. The van der Waals surface area contributed by atoms with Crippen molar-refractivity contribution in [1.82, 2.24) is 14.5 Å². The van der Waals surface area contributed by atoms with E-state index in [1.54, 1.807) is 23.6 Å². The van der Waals surface area contributed by atoms with E-state index in [4.69, 9.17) is 4.98 Å². The van der Waals surface area contributed by atoms with Gasteiger partial charge < -0.3 is 5.32 Å². The number of para-hydroxylation sites is 1. The second kappa shape index (κ2) is 11.5. The number of carbonyl (C=O) groups is 1. The smallest absolute Gasteiger partial charge is 0.269 e. The molecule has 1 aromatic heterocycles. The monoisotopic (exact) mass is 497 g/mol. The molecule has 0 spiro atoms. The Balaban J connectivity index is 1.85. The molecule has 186 valence electrons. The van der Waals surface area contributed by atoms with Crippen molar-refractivity contribution in [2.24, 2.45) is 0 Å². The van der Waals surface area contributed by atoms with Crippen molar-refractivity contribution in [2.45, 2.75) is 63.7 Å². The SMILES string of the molecule is CC(Sc1nc2ccccc2c(=O)n1CCN(C(C)C)C(C)C)C(=O)Nc1ccc([N+](=O)[O-])cc1. The molecule has 10 heteroatoms. The lowest BCUT2D eigenvalue weighted by Gasteiger charge is -2.31. The van der Waals surface area contributed by atoms with Crippen molar-refractivity contribution in [2.75, 3.05) is 11.9 Å². The van der Waals surface area contributed by atoms with Gasteiger partial charge in [0.05, 0.1) is 21.1 Å². The zero-order chi connectivity index (χ0) is 25.7. The normalized spacial score (nSPS) is 12.5. The maximum absolute atomic E-state index is 13.4. The summed E-state index contributed by atoms with van der Waals surface area (Å²) in [4.78, 5) is 43.6. The van der Waals surface area contributed by atoms with Crippen LogP contribution in [0.2, 0.25) is 0 Å². The molecule has 1 N–H and O–H groups in total. The van der Waals surface area contributed by atoms with E-state index >= 15 is 0 Å². The molecule has 0 bridgehead atoms. The summed E-state index contributed by atoms with van der Waals surface area (Å²) in [5, 5.41) is 14.1. The number of hydrogen-bond donors (Lipinski definition) is 1. The van der Waals surface area contributed by atoms with Crippen LogP contribution in [-0.4, -0.2) is 49.2 Å². The quantitative estimate of drug-likeness (QED) is 0.189. The summed E-state index contributed by atoms with van der Waals surface area (Å²) in [7, 11) is 0. The molecular weight excluding hydrogens is 466 g/mol. The molecule has 1 amide bonds. The van der Waals surface area contributed by atoms with Crippen LogP contribution in [0.15, 0.2) is 58.5 Å². The first kappa shape index (κ1) is 26.4. The van der Waals surface area contributed by atoms with Crippen LogP contribution in [0.5, 0.6) is 0 Å². The molecule has 3 rings (SSSR count). The number of benzene rings is 2. The van der Waals surface area contributed by atoms with E-state index in [1.165, 1.54) is 36.0 Å². The van der Waals surface area contributed by atoms with Gasteiger partial charge in [-0.25, -0.2) is 4.98 Å². The van der Waals surface area contributed by atoms with Crippen molar-refractivity contribution >= 4 is 39.9 Å². The summed E-state index contributed by atoms with van der Waals surface area (Å²) in [6.45, 7) is 11.4. The van der Waals surface area contributed by atoms with E-state index in [2.05, 4.69) is 37.9 Å². The second-order valence-electron chi connectivity index (χ2n) is 8.85. The summed E-state index contributed by atoms with van der Waals surface area (Å²) in [5.74, 6) is -0.288. The van der Waals surface area contributed by atoms with Gasteiger partial charge in [0, 0.05) is 43.0 Å². The summed E-state index contributed by atoms with van der Waals surface area (Å²) < 4.78 is 1.65. The number of non-ortho nitro benzene ring substituents is 1. The zero-order valence-electron chi connectivity index (χ0n) is 20.6. The van der Waals surface area contributed by atoms with Gasteiger partial charge in [-0.05, 0) is 58.9 Å². The Hall–Kier alpha value is -3.24. The van der Waals surface area contributed by atoms with Gasteiger partial charge in [0.1, 0.15) is 0 Å². The Kier molecular flexibility index (Phi) is 8.63. The van der Waals surface area contributed by atoms with Crippen molar-refractivity contribution in [3.8, 4) is 0 Å². The van der Waals surface area contributed by atoms with Gasteiger partial charge in [0.15, 0.2) is 5.16 Å². The highest BCUT2D eigenvalue weighted by Gasteiger charge is 2.21. The molecule has 9 nitrogen and oxygen atoms in total. The predicted molar refractivity (Wildman–Crippen MR) is 140 cm³/mol. The van der Waals surface area contributed by atoms with Crippen molar-refractivity contribution < 1.29 is 9.72 Å². The van der Waals surface area contributed by atoms with E-state index in [0.717, 1.165) is 0 Å². The summed E-state index contributed by atoms with van der Waals surface area (Å²) >= 11 is 1.22. The number of anilines is 1. The van der Waals surface area contributed by atoms with E-state index in [-0.39, 0.29) is 17.2 Å². The van der Waals surface area contributed by atoms with Crippen molar-refractivity contribution in [1.29, 1.82) is 0 Å². The largest absolute Gasteiger partial charge is 0.325 e. The Morgan fingerprint density at radius 2 is 1.71 bits per heavy atom. The maximum atomic E-state index is 13.4. The molecule has 0 aliphatic heterocycles. The summed E-state index contributed by atoms with van der Waals surface area (Å²) in [5.41, 5.74) is 0.866. The number of nitro groups is 1. The van der Waals surface area contributed by atoms with E-state index < -0.39 is 10.2 Å². The molecule has 0 aliphatic carbocycles. The van der Waals surface area contributed by atoms with Crippen LogP contribution < -0.4 is 10.9 Å². The Bertz CT molecular complexity index is 1250. The molecule has 0 aliphatic rings. The standard InChI is InChI=1S/C25H31N5O4S/c1-16(2)28(17(3)4)14-15-29-24(32)21-8-6-7-9-22(21)27-25(29)35-18(5)23(31)26-19-10-12-20(13-11-19)30(33)34/h6-13,16-18H,14-15H2,1-5H3,(H,26,31). The van der Waals surface area contributed by atoms with E-state index in [9.17, 15) is 19.7 Å². The van der Waals surface area contributed by atoms with Gasteiger partial charge in [-0.1, -0.05) is 23.9 Å². The molecule has 0 fully saturated rings. The first-order valence-corrected chi connectivity index (χ1v) is 12.4. The molecule has 2 aromatic carbocycles. The molecule has 0 saturated carbocycles. The topological polar surface area (TPSA) is 110 Å². The average Bonchev–Trinajstić information content (AvgIpc) is 2.80. The van der Waals surface area contributed by atoms with Crippen LogP contribution in [0.25, 0.3) is 10.9 Å². The fourth-order valence-corrected chi connectivity index (χ4v) is 4.82. The molecule has 1 atom stereocenters. The van der Waals surface area contributed by atoms with Crippen LogP contribution in [0.1, 0.15) is 34.6 Å². The number of fused-ring (bicyclic) bond motifs is 1. The fourth-order valence-electron chi connectivity index (χ4n) is 3.88. The lowest BCUT2D eigenvalue weighted by atomic mass is 10.2. The van der Waals surface area contributed by atoms with Crippen molar-refractivity contribution in [3.05, 3.63) is 69.0 Å². The molecule has 3 aromatic rings. The van der Waals surface area contributed by atoms with Gasteiger partial charge in [-0.3, -0.25) is 29.2 Å². The number of amides is 1. The van der Waals surface area contributed by atoms with Crippen LogP contribution >= 0.6 is 11.8 Å². The van der Waals surface area contributed by atoms with Crippen LogP contribution in [-0.2, 0) is 11.3 Å². The number of nitro benzene ring substituents is 1. The Labute approximate surface area is 208 Å². The minimum absolute atomic E-state index is 0.0494.